The average molecular weight is 207 g/mol. The van der Waals surface area contributed by atoms with Gasteiger partial charge in [-0.3, -0.25) is 4.90 Å². The van der Waals surface area contributed by atoms with Crippen molar-refractivity contribution in [1.82, 2.24) is 5.32 Å². The van der Waals surface area contributed by atoms with Crippen molar-refractivity contribution in [3.05, 3.63) is 30.3 Å². The van der Waals surface area contributed by atoms with Crippen molar-refractivity contribution in [2.75, 3.05) is 25.0 Å². The molecule has 0 saturated heterocycles. The van der Waals surface area contributed by atoms with Gasteiger partial charge < -0.3 is 11.1 Å². The van der Waals surface area contributed by atoms with E-state index in [4.69, 9.17) is 5.73 Å². The van der Waals surface area contributed by atoms with Crippen LogP contribution < -0.4 is 16.0 Å². The van der Waals surface area contributed by atoms with Gasteiger partial charge in [0.2, 0.25) is 0 Å². The van der Waals surface area contributed by atoms with Gasteiger partial charge in [0.1, 0.15) is 0 Å². The molecule has 0 aliphatic heterocycles. The Hall–Kier alpha value is -1.55. The van der Waals surface area contributed by atoms with Crippen molar-refractivity contribution < 1.29 is 4.79 Å². The average Bonchev–Trinajstić information content (AvgIpc) is 2.30. The van der Waals surface area contributed by atoms with Crippen LogP contribution in [0.2, 0.25) is 0 Å². The van der Waals surface area contributed by atoms with Gasteiger partial charge in [0, 0.05) is 19.3 Å². The summed E-state index contributed by atoms with van der Waals surface area (Å²) in [6.45, 7) is 1.22. The highest BCUT2D eigenvalue weighted by Gasteiger charge is 2.12. The summed E-state index contributed by atoms with van der Waals surface area (Å²) in [6, 6.07) is 9.46. The summed E-state index contributed by atoms with van der Waals surface area (Å²) in [5.41, 5.74) is 6.33. The quantitative estimate of drug-likeness (QED) is 0.779. The second-order valence-corrected chi connectivity index (χ2v) is 3.18. The van der Waals surface area contributed by atoms with Crippen molar-refractivity contribution in [3.8, 4) is 0 Å². The van der Waals surface area contributed by atoms with E-state index in [1.165, 1.54) is 0 Å². The van der Waals surface area contributed by atoms with Crippen molar-refractivity contribution in [2.24, 2.45) is 5.73 Å². The Morgan fingerprint density at radius 3 is 2.60 bits per heavy atom. The molecule has 0 aromatic heterocycles. The maximum atomic E-state index is 11.6. The summed E-state index contributed by atoms with van der Waals surface area (Å²) in [4.78, 5) is 13.3. The lowest BCUT2D eigenvalue weighted by Gasteiger charge is -2.21. The third kappa shape index (κ3) is 3.25. The molecule has 0 saturated carbocycles. The fraction of sp³-hybridized carbons (Fsp3) is 0.364. The molecular formula is C11H17N3O. The smallest absolute Gasteiger partial charge is 0.321 e. The van der Waals surface area contributed by atoms with Crippen molar-refractivity contribution in [2.45, 2.75) is 6.42 Å². The predicted molar refractivity (Wildman–Crippen MR) is 61.9 cm³/mol. The number of carbonyl (C=O) groups is 1. The van der Waals surface area contributed by atoms with Crippen LogP contribution in [0.3, 0.4) is 0 Å². The number of nitrogens with zero attached hydrogens (tertiary/aromatic N) is 1. The summed E-state index contributed by atoms with van der Waals surface area (Å²) in [5.74, 6) is 0. The molecule has 0 bridgehead atoms. The van der Waals surface area contributed by atoms with Crippen LogP contribution in [0.5, 0.6) is 0 Å². The van der Waals surface area contributed by atoms with Gasteiger partial charge in [0.05, 0.1) is 0 Å². The van der Waals surface area contributed by atoms with E-state index in [0.29, 0.717) is 13.1 Å². The zero-order chi connectivity index (χ0) is 11.1. The van der Waals surface area contributed by atoms with E-state index in [1.807, 2.05) is 30.3 Å². The molecule has 0 fully saturated rings. The van der Waals surface area contributed by atoms with Gasteiger partial charge in [-0.15, -0.1) is 0 Å². The number of hydrogen-bond acceptors (Lipinski definition) is 2. The maximum Gasteiger partial charge on any atom is 0.321 e. The summed E-state index contributed by atoms with van der Waals surface area (Å²) in [5, 5.41) is 2.62. The minimum absolute atomic E-state index is 0.102. The fourth-order valence-electron chi connectivity index (χ4n) is 1.34. The van der Waals surface area contributed by atoms with Crippen molar-refractivity contribution in [3.63, 3.8) is 0 Å². The second kappa shape index (κ2) is 6.03. The first kappa shape index (κ1) is 11.5. The highest BCUT2D eigenvalue weighted by Crippen LogP contribution is 2.13. The number of carbonyl (C=O) groups excluding carboxylic acids is 1. The Morgan fingerprint density at radius 1 is 1.40 bits per heavy atom. The van der Waals surface area contributed by atoms with Gasteiger partial charge in [0.25, 0.3) is 0 Å². The van der Waals surface area contributed by atoms with Gasteiger partial charge in [-0.2, -0.15) is 0 Å². The third-order valence-corrected chi connectivity index (χ3v) is 2.11. The van der Waals surface area contributed by atoms with Crippen LogP contribution in [0, 0.1) is 0 Å². The SMILES string of the molecule is CNC(=O)N(CCCN)c1ccccc1. The minimum atomic E-state index is -0.102. The van der Waals surface area contributed by atoms with Gasteiger partial charge >= 0.3 is 6.03 Å². The Kier molecular flexibility index (Phi) is 4.63. The summed E-state index contributed by atoms with van der Waals surface area (Å²) < 4.78 is 0. The molecule has 0 unspecified atom stereocenters. The van der Waals surface area contributed by atoms with E-state index in [0.717, 1.165) is 12.1 Å². The molecule has 0 aliphatic carbocycles. The van der Waals surface area contributed by atoms with Crippen molar-refractivity contribution in [1.29, 1.82) is 0 Å². The van der Waals surface area contributed by atoms with Crippen LogP contribution >= 0.6 is 0 Å². The molecule has 2 amide bonds. The zero-order valence-corrected chi connectivity index (χ0v) is 8.94. The minimum Gasteiger partial charge on any atom is -0.341 e. The predicted octanol–water partition coefficient (Wildman–Crippen LogP) is 1.18. The van der Waals surface area contributed by atoms with Gasteiger partial charge in [0.15, 0.2) is 0 Å². The molecule has 4 nitrogen and oxygen atoms in total. The van der Waals surface area contributed by atoms with Gasteiger partial charge in [-0.25, -0.2) is 4.79 Å². The Bertz CT molecular complexity index is 300. The number of hydrogen-bond donors (Lipinski definition) is 2. The third-order valence-electron chi connectivity index (χ3n) is 2.11. The Labute approximate surface area is 90.1 Å². The number of urea groups is 1. The number of amides is 2. The first-order chi connectivity index (χ1) is 7.29. The molecular weight excluding hydrogens is 190 g/mol. The normalized spacial score (nSPS) is 9.73. The molecule has 0 radical (unpaired) electrons. The van der Waals surface area contributed by atoms with Crippen LogP contribution in [0.15, 0.2) is 30.3 Å². The van der Waals surface area contributed by atoms with Gasteiger partial charge in [-0.1, -0.05) is 18.2 Å². The van der Waals surface area contributed by atoms with E-state index in [-0.39, 0.29) is 6.03 Å². The first-order valence-corrected chi connectivity index (χ1v) is 5.04. The number of para-hydroxylation sites is 1. The fourth-order valence-corrected chi connectivity index (χ4v) is 1.34. The maximum absolute atomic E-state index is 11.6. The van der Waals surface area contributed by atoms with E-state index >= 15 is 0 Å². The summed E-state index contributed by atoms with van der Waals surface area (Å²) in [6.07, 6.45) is 0.794. The summed E-state index contributed by atoms with van der Waals surface area (Å²) in [7, 11) is 1.63. The molecule has 15 heavy (non-hydrogen) atoms. The van der Waals surface area contributed by atoms with Crippen LogP contribution in [0.1, 0.15) is 6.42 Å². The lowest BCUT2D eigenvalue weighted by atomic mass is 10.3. The molecule has 0 aliphatic rings. The van der Waals surface area contributed by atoms with Gasteiger partial charge in [-0.05, 0) is 25.1 Å². The van der Waals surface area contributed by atoms with Crippen molar-refractivity contribution >= 4 is 11.7 Å². The molecule has 0 heterocycles. The lowest BCUT2D eigenvalue weighted by molar-refractivity contribution is 0.248. The first-order valence-electron chi connectivity index (χ1n) is 5.04. The monoisotopic (exact) mass is 207 g/mol. The molecule has 4 heteroatoms. The Balaban J connectivity index is 2.76. The van der Waals surface area contributed by atoms with E-state index in [1.54, 1.807) is 11.9 Å². The van der Waals surface area contributed by atoms with Crippen LogP contribution in [0.25, 0.3) is 0 Å². The Morgan fingerprint density at radius 2 is 2.07 bits per heavy atom. The highest BCUT2D eigenvalue weighted by atomic mass is 16.2. The number of rotatable bonds is 4. The molecule has 1 aromatic carbocycles. The molecule has 1 aromatic rings. The molecule has 0 atom stereocenters. The zero-order valence-electron chi connectivity index (χ0n) is 8.94. The van der Waals surface area contributed by atoms with E-state index in [2.05, 4.69) is 5.32 Å². The number of benzene rings is 1. The molecule has 0 spiro atoms. The van der Waals surface area contributed by atoms with E-state index < -0.39 is 0 Å². The van der Waals surface area contributed by atoms with Crippen LogP contribution in [-0.2, 0) is 0 Å². The second-order valence-electron chi connectivity index (χ2n) is 3.18. The number of nitrogens with two attached hydrogens (primary N) is 1. The topological polar surface area (TPSA) is 58.4 Å². The van der Waals surface area contributed by atoms with E-state index in [9.17, 15) is 4.79 Å². The lowest BCUT2D eigenvalue weighted by Crippen LogP contribution is -2.39. The molecule has 3 N–H and O–H groups in total. The molecule has 82 valence electrons. The van der Waals surface area contributed by atoms with Crippen LogP contribution in [0.4, 0.5) is 10.5 Å². The number of anilines is 1. The van der Waals surface area contributed by atoms with Crippen LogP contribution in [-0.4, -0.2) is 26.2 Å². The standard InChI is InChI=1S/C11H17N3O/c1-13-11(15)14(9-5-8-12)10-6-3-2-4-7-10/h2-4,6-7H,5,8-9,12H2,1H3,(H,13,15). The number of nitrogens with one attached hydrogen (secondary N) is 1. The highest BCUT2D eigenvalue weighted by molar-refractivity contribution is 5.91. The molecule has 1 rings (SSSR count). The largest absolute Gasteiger partial charge is 0.341 e. The summed E-state index contributed by atoms with van der Waals surface area (Å²) >= 11 is 0.